The lowest BCUT2D eigenvalue weighted by molar-refractivity contribution is -0.155. The maximum Gasteiger partial charge on any atom is 0.270 e. The highest BCUT2D eigenvalue weighted by molar-refractivity contribution is 6.30. The predicted molar refractivity (Wildman–Crippen MR) is 111 cm³/mol. The highest BCUT2D eigenvalue weighted by atomic mass is 35.5. The molecule has 31 heavy (non-hydrogen) atoms. The van der Waals surface area contributed by atoms with Crippen molar-refractivity contribution in [3.63, 3.8) is 0 Å². The summed E-state index contributed by atoms with van der Waals surface area (Å²) in [6.07, 6.45) is 1.44. The van der Waals surface area contributed by atoms with Gasteiger partial charge in [0.05, 0.1) is 18.2 Å². The largest absolute Gasteiger partial charge is 0.380 e. The molecule has 0 aliphatic carbocycles. The van der Waals surface area contributed by atoms with Gasteiger partial charge in [-0.3, -0.25) is 14.5 Å². The summed E-state index contributed by atoms with van der Waals surface area (Å²) in [5, 5.41) is 0.448. The number of benzene rings is 1. The molecule has 2 amide bonds. The minimum atomic E-state index is -2.94. The average molecular weight is 450 g/mol. The third kappa shape index (κ3) is 4.27. The van der Waals surface area contributed by atoms with Gasteiger partial charge in [0.25, 0.3) is 11.8 Å². The quantitative estimate of drug-likeness (QED) is 0.700. The van der Waals surface area contributed by atoms with Crippen LogP contribution in [-0.2, 0) is 26.8 Å². The smallest absolute Gasteiger partial charge is 0.270 e. The zero-order valence-corrected chi connectivity index (χ0v) is 17.9. The first-order valence-electron chi connectivity index (χ1n) is 9.93. The molecule has 2 aliphatic rings. The van der Waals surface area contributed by atoms with E-state index in [4.69, 9.17) is 16.3 Å². The zero-order chi connectivity index (χ0) is 22.3. The Morgan fingerprint density at radius 2 is 1.90 bits per heavy atom. The molecule has 164 valence electrons. The van der Waals surface area contributed by atoms with Gasteiger partial charge in [-0.1, -0.05) is 35.9 Å². The molecule has 0 radical (unpaired) electrons. The molecule has 3 heterocycles. The number of pyridine rings is 1. The first-order chi connectivity index (χ1) is 14.6. The minimum Gasteiger partial charge on any atom is -0.380 e. The number of aromatic nitrogens is 1. The molecule has 4 rings (SSSR count). The highest BCUT2D eigenvalue weighted by Gasteiger charge is 2.47. The van der Waals surface area contributed by atoms with Crippen LogP contribution in [0.1, 0.15) is 23.6 Å². The molecule has 1 unspecified atom stereocenters. The van der Waals surface area contributed by atoms with Crippen molar-refractivity contribution >= 4 is 29.2 Å². The fourth-order valence-corrected chi connectivity index (χ4v) is 4.14. The van der Waals surface area contributed by atoms with Crippen LogP contribution in [0.4, 0.5) is 14.6 Å². The molecule has 0 saturated carbocycles. The van der Waals surface area contributed by atoms with E-state index < -0.39 is 12.0 Å². The Morgan fingerprint density at radius 1 is 1.23 bits per heavy atom. The molecule has 2 aromatic rings. The number of hydrogen-bond donors (Lipinski definition) is 0. The van der Waals surface area contributed by atoms with Crippen LogP contribution in [0.2, 0.25) is 5.02 Å². The van der Waals surface area contributed by atoms with Gasteiger partial charge in [0.1, 0.15) is 18.4 Å². The Bertz CT molecular complexity index is 1010. The van der Waals surface area contributed by atoms with Gasteiger partial charge in [-0.05, 0) is 24.1 Å². The summed E-state index contributed by atoms with van der Waals surface area (Å²) in [6, 6.07) is 6.81. The van der Waals surface area contributed by atoms with Crippen LogP contribution in [0.5, 0.6) is 0 Å². The summed E-state index contributed by atoms with van der Waals surface area (Å²) >= 11 is 5.98. The normalized spacial score (nSPS) is 20.2. The molecule has 2 aliphatic heterocycles. The Balaban J connectivity index is 1.61. The second kappa shape index (κ2) is 8.16. The van der Waals surface area contributed by atoms with Crippen LogP contribution in [0.3, 0.4) is 0 Å². The van der Waals surface area contributed by atoms with Crippen molar-refractivity contribution in [2.45, 2.75) is 32.4 Å². The van der Waals surface area contributed by atoms with E-state index >= 15 is 0 Å². The summed E-state index contributed by atoms with van der Waals surface area (Å²) < 4.78 is 32.3. The van der Waals surface area contributed by atoms with E-state index in [2.05, 4.69) is 4.98 Å². The minimum absolute atomic E-state index is 0.100. The van der Waals surface area contributed by atoms with E-state index in [0.717, 1.165) is 6.92 Å². The van der Waals surface area contributed by atoms with E-state index in [1.165, 1.54) is 28.1 Å². The molecule has 6 nitrogen and oxygen atoms in total. The van der Waals surface area contributed by atoms with E-state index in [9.17, 15) is 18.4 Å². The van der Waals surface area contributed by atoms with Gasteiger partial charge in [-0.15, -0.1) is 0 Å². The van der Waals surface area contributed by atoms with E-state index in [0.29, 0.717) is 35.2 Å². The standard InChI is InChI=1S/C22H22ClF2N3O3/c1-13-7-17(23)8-26-20(13)28-10-18(29)27(19(21(28)30)15-11-31-12-15)9-14-3-5-16(6-4-14)22(2,24)25/h3-8,15,19H,9-12H2,1-2H3. The van der Waals surface area contributed by atoms with E-state index in [1.54, 1.807) is 25.1 Å². The van der Waals surface area contributed by atoms with Gasteiger partial charge in [-0.2, -0.15) is 0 Å². The number of amides is 2. The predicted octanol–water partition coefficient (Wildman–Crippen LogP) is 3.55. The molecular formula is C22H22ClF2N3O3. The lowest BCUT2D eigenvalue weighted by Crippen LogP contribution is -2.65. The van der Waals surface area contributed by atoms with Crippen molar-refractivity contribution in [3.05, 3.63) is 58.2 Å². The van der Waals surface area contributed by atoms with Crippen molar-refractivity contribution in [2.24, 2.45) is 5.92 Å². The molecule has 9 heteroatoms. The molecule has 0 N–H and O–H groups in total. The molecular weight excluding hydrogens is 428 g/mol. The molecule has 0 bridgehead atoms. The van der Waals surface area contributed by atoms with Crippen molar-refractivity contribution < 1.29 is 23.1 Å². The number of ether oxygens (including phenoxy) is 1. The Morgan fingerprint density at radius 3 is 2.45 bits per heavy atom. The van der Waals surface area contributed by atoms with Gasteiger partial charge in [0, 0.05) is 31.1 Å². The first-order valence-corrected chi connectivity index (χ1v) is 10.3. The zero-order valence-electron chi connectivity index (χ0n) is 17.1. The molecule has 2 saturated heterocycles. The monoisotopic (exact) mass is 449 g/mol. The highest BCUT2D eigenvalue weighted by Crippen LogP contribution is 2.31. The second-order valence-corrected chi connectivity index (χ2v) is 8.50. The van der Waals surface area contributed by atoms with Crippen LogP contribution in [0, 0.1) is 12.8 Å². The number of rotatable bonds is 5. The van der Waals surface area contributed by atoms with Crippen LogP contribution < -0.4 is 4.90 Å². The number of alkyl halides is 2. The summed E-state index contributed by atoms with van der Waals surface area (Å²) in [7, 11) is 0. The fraction of sp³-hybridized carbons (Fsp3) is 0.409. The van der Waals surface area contributed by atoms with E-state index in [-0.39, 0.29) is 36.4 Å². The van der Waals surface area contributed by atoms with Gasteiger partial charge in [0.2, 0.25) is 5.91 Å². The molecule has 1 aromatic carbocycles. The third-order valence-electron chi connectivity index (χ3n) is 5.67. The summed E-state index contributed by atoms with van der Waals surface area (Å²) in [5.41, 5.74) is 1.27. The van der Waals surface area contributed by atoms with Gasteiger partial charge >= 0.3 is 0 Å². The number of nitrogens with zero attached hydrogens (tertiary/aromatic N) is 3. The van der Waals surface area contributed by atoms with Crippen molar-refractivity contribution in [3.8, 4) is 0 Å². The molecule has 1 aromatic heterocycles. The molecule has 1 atom stereocenters. The Hall–Kier alpha value is -2.58. The number of halogens is 3. The van der Waals surface area contributed by atoms with Crippen LogP contribution >= 0.6 is 11.6 Å². The fourth-order valence-electron chi connectivity index (χ4n) is 3.93. The van der Waals surface area contributed by atoms with Gasteiger partial charge in [0.15, 0.2) is 0 Å². The number of hydrogen-bond acceptors (Lipinski definition) is 4. The second-order valence-electron chi connectivity index (χ2n) is 8.07. The Kier molecular flexibility index (Phi) is 5.70. The topological polar surface area (TPSA) is 62.7 Å². The number of carbonyl (C=O) groups is 2. The van der Waals surface area contributed by atoms with E-state index in [1.807, 2.05) is 0 Å². The Labute approximate surface area is 183 Å². The summed E-state index contributed by atoms with van der Waals surface area (Å²) in [6.45, 7) is 3.38. The average Bonchev–Trinajstić information content (AvgIpc) is 2.66. The number of aryl methyl sites for hydroxylation is 1. The summed E-state index contributed by atoms with van der Waals surface area (Å²) in [4.78, 5) is 33.7. The van der Waals surface area contributed by atoms with Gasteiger partial charge < -0.3 is 9.64 Å². The van der Waals surface area contributed by atoms with Gasteiger partial charge in [-0.25, -0.2) is 13.8 Å². The maximum atomic E-state index is 13.5. The van der Waals surface area contributed by atoms with Crippen LogP contribution in [-0.4, -0.2) is 47.5 Å². The van der Waals surface area contributed by atoms with Crippen molar-refractivity contribution in [1.82, 2.24) is 9.88 Å². The third-order valence-corrected chi connectivity index (χ3v) is 5.87. The molecule has 2 fully saturated rings. The SMILES string of the molecule is Cc1cc(Cl)cnc1N1CC(=O)N(Cc2ccc(C(C)(F)F)cc2)C(C2COC2)C1=O. The summed E-state index contributed by atoms with van der Waals surface area (Å²) in [5.74, 6) is -3.14. The lowest BCUT2D eigenvalue weighted by atomic mass is 9.92. The van der Waals surface area contributed by atoms with Crippen molar-refractivity contribution in [1.29, 1.82) is 0 Å². The number of anilines is 1. The van der Waals surface area contributed by atoms with Crippen LogP contribution in [0.15, 0.2) is 36.5 Å². The maximum absolute atomic E-state index is 13.5. The van der Waals surface area contributed by atoms with Crippen molar-refractivity contribution in [2.75, 3.05) is 24.7 Å². The number of carbonyl (C=O) groups excluding carboxylic acids is 2. The van der Waals surface area contributed by atoms with Crippen LogP contribution in [0.25, 0.3) is 0 Å². The lowest BCUT2D eigenvalue weighted by Gasteiger charge is -2.45. The number of piperazine rings is 1. The first kappa shape index (κ1) is 21.6. The molecule has 0 spiro atoms.